The van der Waals surface area contributed by atoms with E-state index in [0.717, 1.165) is 22.6 Å². The van der Waals surface area contributed by atoms with Crippen molar-refractivity contribution >= 4 is 17.6 Å². The molecular weight excluding hydrogens is 326 g/mol. The Kier molecular flexibility index (Phi) is 5.59. The molecule has 0 bridgehead atoms. The quantitative estimate of drug-likeness (QED) is 0.530. The zero-order chi connectivity index (χ0) is 18.4. The summed E-state index contributed by atoms with van der Waals surface area (Å²) in [6, 6.07) is 19.0. The second-order valence-corrected chi connectivity index (χ2v) is 6.08. The fourth-order valence-electron chi connectivity index (χ4n) is 2.59. The molecule has 3 aromatic rings. The summed E-state index contributed by atoms with van der Waals surface area (Å²) in [5, 5.41) is 3.15. The molecule has 0 aliphatic rings. The van der Waals surface area contributed by atoms with Gasteiger partial charge in [-0.3, -0.25) is 4.79 Å². The molecule has 0 aliphatic heterocycles. The summed E-state index contributed by atoms with van der Waals surface area (Å²) in [6.45, 7) is 3.86. The van der Waals surface area contributed by atoms with Gasteiger partial charge in [0.05, 0.1) is 0 Å². The number of hydrogen-bond acceptors (Lipinski definition) is 5. The smallest absolute Gasteiger partial charge is 0.311 e. The standard InChI is InChI=1S/C21H21N3O2/c1-15-14-16(2)23-21(22-15)24-18-9-11-19(12-10-18)26-20(25)13-8-17-6-4-3-5-7-17/h3-7,9-12,14H,8,13H2,1-2H3,(H,22,23,24). The second kappa shape index (κ2) is 8.25. The lowest BCUT2D eigenvalue weighted by Crippen LogP contribution is -2.09. The molecular formula is C21H21N3O2. The van der Waals surface area contributed by atoms with Crippen molar-refractivity contribution in [1.82, 2.24) is 9.97 Å². The van der Waals surface area contributed by atoms with Gasteiger partial charge in [-0.15, -0.1) is 0 Å². The lowest BCUT2D eigenvalue weighted by Gasteiger charge is -2.08. The fourth-order valence-corrected chi connectivity index (χ4v) is 2.59. The minimum atomic E-state index is -0.243. The Morgan fingerprint density at radius 2 is 1.62 bits per heavy atom. The highest BCUT2D eigenvalue weighted by Gasteiger charge is 2.06. The number of ether oxygens (including phenoxy) is 1. The molecule has 1 heterocycles. The number of anilines is 2. The largest absolute Gasteiger partial charge is 0.427 e. The minimum absolute atomic E-state index is 0.243. The maximum absolute atomic E-state index is 12.0. The highest BCUT2D eigenvalue weighted by Crippen LogP contribution is 2.19. The first-order valence-electron chi connectivity index (χ1n) is 8.52. The summed E-state index contributed by atoms with van der Waals surface area (Å²) >= 11 is 0. The second-order valence-electron chi connectivity index (χ2n) is 6.08. The topological polar surface area (TPSA) is 64.1 Å². The van der Waals surface area contributed by atoms with Crippen LogP contribution in [0.1, 0.15) is 23.4 Å². The summed E-state index contributed by atoms with van der Waals surface area (Å²) in [7, 11) is 0. The molecule has 5 heteroatoms. The van der Waals surface area contributed by atoms with Crippen LogP contribution in [-0.2, 0) is 11.2 Å². The number of rotatable bonds is 6. The molecule has 2 aromatic carbocycles. The van der Waals surface area contributed by atoms with Crippen LogP contribution in [0.15, 0.2) is 60.7 Å². The molecule has 0 saturated carbocycles. The van der Waals surface area contributed by atoms with Crippen LogP contribution < -0.4 is 10.1 Å². The van der Waals surface area contributed by atoms with Crippen LogP contribution in [0.25, 0.3) is 0 Å². The van der Waals surface area contributed by atoms with E-state index in [9.17, 15) is 4.79 Å². The maximum Gasteiger partial charge on any atom is 0.311 e. The van der Waals surface area contributed by atoms with Gasteiger partial charge in [0.1, 0.15) is 5.75 Å². The molecule has 0 amide bonds. The van der Waals surface area contributed by atoms with Gasteiger partial charge in [-0.05, 0) is 56.2 Å². The fraction of sp³-hybridized carbons (Fsp3) is 0.190. The van der Waals surface area contributed by atoms with Gasteiger partial charge in [-0.1, -0.05) is 30.3 Å². The van der Waals surface area contributed by atoms with Crippen molar-refractivity contribution in [2.45, 2.75) is 26.7 Å². The Bertz CT molecular complexity index is 857. The number of nitrogens with zero attached hydrogens (tertiary/aromatic N) is 2. The van der Waals surface area contributed by atoms with Gasteiger partial charge in [0, 0.05) is 23.5 Å². The van der Waals surface area contributed by atoms with Gasteiger partial charge in [-0.2, -0.15) is 0 Å². The Labute approximate surface area is 153 Å². The molecule has 0 fully saturated rings. The van der Waals surface area contributed by atoms with E-state index in [1.165, 1.54) is 0 Å². The molecule has 0 saturated heterocycles. The van der Waals surface area contributed by atoms with Crippen molar-refractivity contribution < 1.29 is 9.53 Å². The van der Waals surface area contributed by atoms with E-state index in [4.69, 9.17) is 4.74 Å². The van der Waals surface area contributed by atoms with Gasteiger partial charge in [0.25, 0.3) is 0 Å². The van der Waals surface area contributed by atoms with Crippen molar-refractivity contribution in [3.05, 3.63) is 77.6 Å². The van der Waals surface area contributed by atoms with Crippen LogP contribution in [0.3, 0.4) is 0 Å². The van der Waals surface area contributed by atoms with E-state index < -0.39 is 0 Å². The lowest BCUT2D eigenvalue weighted by atomic mass is 10.1. The third-order valence-electron chi connectivity index (χ3n) is 3.79. The molecule has 0 atom stereocenters. The first-order valence-corrected chi connectivity index (χ1v) is 8.52. The number of nitrogens with one attached hydrogen (secondary N) is 1. The number of benzene rings is 2. The van der Waals surface area contributed by atoms with Crippen molar-refractivity contribution in [1.29, 1.82) is 0 Å². The number of carbonyl (C=O) groups is 1. The van der Waals surface area contributed by atoms with E-state index in [0.29, 0.717) is 24.5 Å². The van der Waals surface area contributed by atoms with Gasteiger partial charge in [0.15, 0.2) is 0 Å². The van der Waals surface area contributed by atoms with Crippen molar-refractivity contribution in [3.63, 3.8) is 0 Å². The average molecular weight is 347 g/mol. The number of hydrogen-bond donors (Lipinski definition) is 1. The Hall–Kier alpha value is -3.21. The molecule has 0 aliphatic carbocycles. The first-order chi connectivity index (χ1) is 12.6. The van der Waals surface area contributed by atoms with Gasteiger partial charge < -0.3 is 10.1 Å². The number of aryl methyl sites for hydroxylation is 3. The highest BCUT2D eigenvalue weighted by molar-refractivity contribution is 5.73. The SMILES string of the molecule is Cc1cc(C)nc(Nc2ccc(OC(=O)CCc3ccccc3)cc2)n1. The third-order valence-corrected chi connectivity index (χ3v) is 3.79. The Morgan fingerprint density at radius 1 is 0.962 bits per heavy atom. The Morgan fingerprint density at radius 3 is 2.27 bits per heavy atom. The molecule has 0 unspecified atom stereocenters. The predicted octanol–water partition coefficient (Wildman–Crippen LogP) is 4.38. The van der Waals surface area contributed by atoms with E-state index in [1.54, 1.807) is 12.1 Å². The normalized spacial score (nSPS) is 10.4. The van der Waals surface area contributed by atoms with Gasteiger partial charge in [0.2, 0.25) is 5.95 Å². The Balaban J connectivity index is 1.54. The van der Waals surface area contributed by atoms with Crippen LogP contribution in [0, 0.1) is 13.8 Å². The van der Waals surface area contributed by atoms with Crippen molar-refractivity contribution in [2.75, 3.05) is 5.32 Å². The summed E-state index contributed by atoms with van der Waals surface area (Å²) in [4.78, 5) is 20.7. The molecule has 132 valence electrons. The molecule has 0 radical (unpaired) electrons. The third kappa shape index (κ3) is 5.14. The monoisotopic (exact) mass is 347 g/mol. The minimum Gasteiger partial charge on any atom is -0.427 e. The molecule has 5 nitrogen and oxygen atoms in total. The van der Waals surface area contributed by atoms with E-state index in [2.05, 4.69) is 15.3 Å². The molecule has 26 heavy (non-hydrogen) atoms. The predicted molar refractivity (Wildman–Crippen MR) is 102 cm³/mol. The molecule has 0 spiro atoms. The molecule has 1 N–H and O–H groups in total. The number of esters is 1. The zero-order valence-electron chi connectivity index (χ0n) is 14.9. The number of carbonyl (C=O) groups excluding carboxylic acids is 1. The van der Waals surface area contributed by atoms with Crippen LogP contribution in [0.4, 0.5) is 11.6 Å². The summed E-state index contributed by atoms with van der Waals surface area (Å²) in [5.74, 6) is 0.831. The van der Waals surface area contributed by atoms with Crippen molar-refractivity contribution in [2.24, 2.45) is 0 Å². The maximum atomic E-state index is 12.0. The average Bonchev–Trinajstić information content (AvgIpc) is 2.62. The molecule has 1 aromatic heterocycles. The van der Waals surface area contributed by atoms with E-state index >= 15 is 0 Å². The van der Waals surface area contributed by atoms with Crippen LogP contribution in [-0.4, -0.2) is 15.9 Å². The van der Waals surface area contributed by atoms with Crippen LogP contribution in [0.5, 0.6) is 5.75 Å². The molecule has 3 rings (SSSR count). The van der Waals surface area contributed by atoms with Gasteiger partial charge >= 0.3 is 5.97 Å². The van der Waals surface area contributed by atoms with E-state index in [-0.39, 0.29) is 5.97 Å². The summed E-state index contributed by atoms with van der Waals surface area (Å²) < 4.78 is 5.38. The zero-order valence-corrected chi connectivity index (χ0v) is 14.9. The summed E-state index contributed by atoms with van der Waals surface area (Å²) in [6.07, 6.45) is 1.02. The van der Waals surface area contributed by atoms with Crippen LogP contribution >= 0.6 is 0 Å². The lowest BCUT2D eigenvalue weighted by molar-refractivity contribution is -0.134. The van der Waals surface area contributed by atoms with Crippen LogP contribution in [0.2, 0.25) is 0 Å². The number of aromatic nitrogens is 2. The highest BCUT2D eigenvalue weighted by atomic mass is 16.5. The first kappa shape index (κ1) is 17.6. The summed E-state index contributed by atoms with van der Waals surface area (Å²) in [5.41, 5.74) is 3.77. The van der Waals surface area contributed by atoms with Gasteiger partial charge in [-0.25, -0.2) is 9.97 Å². The van der Waals surface area contributed by atoms with Crippen molar-refractivity contribution in [3.8, 4) is 5.75 Å². The van der Waals surface area contributed by atoms with E-state index in [1.807, 2.05) is 62.4 Å².